The van der Waals surface area contributed by atoms with Gasteiger partial charge >= 0.3 is 0 Å². The number of nitrogens with one attached hydrogen (secondary N) is 1. The van der Waals surface area contributed by atoms with E-state index in [1.54, 1.807) is 12.3 Å². The number of likely N-dealkylation sites (tertiary alicyclic amines) is 1. The highest BCUT2D eigenvalue weighted by atomic mass is 16.5. The molecule has 1 aromatic heterocycles. The molecular weight excluding hydrogens is 266 g/mol. The van der Waals surface area contributed by atoms with Crippen molar-refractivity contribution in [1.29, 1.82) is 0 Å². The van der Waals surface area contributed by atoms with Crippen molar-refractivity contribution in [1.82, 2.24) is 9.88 Å². The smallest absolute Gasteiger partial charge is 0.272 e. The van der Waals surface area contributed by atoms with E-state index in [1.165, 1.54) is 0 Å². The molecule has 0 spiro atoms. The van der Waals surface area contributed by atoms with Gasteiger partial charge in [0.25, 0.3) is 5.91 Å². The van der Waals surface area contributed by atoms with Crippen LogP contribution in [0.5, 0.6) is 0 Å². The number of nitrogens with zero attached hydrogens (tertiary/aromatic N) is 2. The van der Waals surface area contributed by atoms with Gasteiger partial charge in [-0.1, -0.05) is 6.92 Å². The lowest BCUT2D eigenvalue weighted by Crippen LogP contribution is -2.43. The van der Waals surface area contributed by atoms with Crippen LogP contribution in [-0.2, 0) is 4.74 Å². The Kier molecular flexibility index (Phi) is 5.99. The first-order valence-corrected chi connectivity index (χ1v) is 7.85. The lowest BCUT2D eigenvalue weighted by atomic mass is 10.1. The summed E-state index contributed by atoms with van der Waals surface area (Å²) >= 11 is 0. The molecule has 1 atom stereocenters. The zero-order chi connectivity index (χ0) is 15.1. The second-order valence-electron chi connectivity index (χ2n) is 5.35. The van der Waals surface area contributed by atoms with Gasteiger partial charge in [-0.25, -0.2) is 4.98 Å². The van der Waals surface area contributed by atoms with Crippen molar-refractivity contribution < 1.29 is 9.53 Å². The summed E-state index contributed by atoms with van der Waals surface area (Å²) in [5.74, 6) is 0.00264. The summed E-state index contributed by atoms with van der Waals surface area (Å²) in [7, 11) is 0. The van der Waals surface area contributed by atoms with Crippen LogP contribution in [0, 0.1) is 0 Å². The predicted octanol–water partition coefficient (Wildman–Crippen LogP) is 2.54. The average molecular weight is 291 g/mol. The largest absolute Gasteiger partial charge is 0.384 e. The first-order valence-electron chi connectivity index (χ1n) is 7.85. The Morgan fingerprint density at radius 3 is 3.00 bits per heavy atom. The summed E-state index contributed by atoms with van der Waals surface area (Å²) in [4.78, 5) is 18.6. The Morgan fingerprint density at radius 1 is 1.48 bits per heavy atom. The maximum atomic E-state index is 12.5. The minimum Gasteiger partial charge on any atom is -0.384 e. The molecule has 21 heavy (non-hydrogen) atoms. The SMILES string of the molecule is CCCOC1CCCN(C(=O)c2ccc(NCC)cn2)C1. The van der Waals surface area contributed by atoms with Crippen LogP contribution in [-0.4, -0.2) is 48.1 Å². The third kappa shape index (κ3) is 4.43. The van der Waals surface area contributed by atoms with Crippen LogP contribution in [0.4, 0.5) is 5.69 Å². The van der Waals surface area contributed by atoms with Gasteiger partial charge in [-0.05, 0) is 38.3 Å². The van der Waals surface area contributed by atoms with Crippen LogP contribution < -0.4 is 5.32 Å². The van der Waals surface area contributed by atoms with Gasteiger partial charge in [-0.15, -0.1) is 0 Å². The fourth-order valence-electron chi connectivity index (χ4n) is 2.53. The molecule has 1 saturated heterocycles. The van der Waals surface area contributed by atoms with E-state index in [9.17, 15) is 4.79 Å². The predicted molar refractivity (Wildman–Crippen MR) is 83.6 cm³/mol. The Balaban J connectivity index is 1.95. The highest BCUT2D eigenvalue weighted by Crippen LogP contribution is 2.16. The Labute approximate surface area is 126 Å². The van der Waals surface area contributed by atoms with E-state index in [0.29, 0.717) is 12.2 Å². The molecule has 0 aromatic carbocycles. The van der Waals surface area contributed by atoms with E-state index < -0.39 is 0 Å². The molecule has 1 aliphatic heterocycles. The van der Waals surface area contributed by atoms with Crippen LogP contribution in [0.2, 0.25) is 0 Å². The number of hydrogen-bond donors (Lipinski definition) is 1. The quantitative estimate of drug-likeness (QED) is 0.875. The molecule has 1 aromatic rings. The molecular formula is C16H25N3O2. The minimum atomic E-state index is 0.00264. The number of piperidine rings is 1. The summed E-state index contributed by atoms with van der Waals surface area (Å²) in [6, 6.07) is 3.69. The van der Waals surface area contributed by atoms with Gasteiger partial charge in [0.05, 0.1) is 18.0 Å². The van der Waals surface area contributed by atoms with Gasteiger partial charge in [-0.3, -0.25) is 4.79 Å². The van der Waals surface area contributed by atoms with E-state index in [2.05, 4.69) is 17.2 Å². The molecule has 5 nitrogen and oxygen atoms in total. The van der Waals surface area contributed by atoms with Gasteiger partial charge in [0, 0.05) is 26.2 Å². The Bertz CT molecular complexity index is 447. The number of aromatic nitrogens is 1. The molecule has 2 rings (SSSR count). The lowest BCUT2D eigenvalue weighted by Gasteiger charge is -2.32. The number of pyridine rings is 1. The van der Waals surface area contributed by atoms with E-state index in [0.717, 1.165) is 44.6 Å². The molecule has 2 heterocycles. The molecule has 0 bridgehead atoms. The molecule has 1 fully saturated rings. The van der Waals surface area contributed by atoms with Crippen LogP contribution in [0.15, 0.2) is 18.3 Å². The average Bonchev–Trinajstić information content (AvgIpc) is 2.53. The topological polar surface area (TPSA) is 54.5 Å². The highest BCUT2D eigenvalue weighted by Gasteiger charge is 2.25. The molecule has 1 aliphatic rings. The van der Waals surface area contributed by atoms with Gasteiger partial charge < -0.3 is 15.0 Å². The van der Waals surface area contributed by atoms with E-state index in [4.69, 9.17) is 4.74 Å². The number of ether oxygens (including phenoxy) is 1. The van der Waals surface area contributed by atoms with Crippen molar-refractivity contribution in [2.24, 2.45) is 0 Å². The normalized spacial score (nSPS) is 18.6. The fraction of sp³-hybridized carbons (Fsp3) is 0.625. The highest BCUT2D eigenvalue weighted by molar-refractivity contribution is 5.92. The van der Waals surface area contributed by atoms with Crippen LogP contribution >= 0.6 is 0 Å². The third-order valence-corrected chi connectivity index (χ3v) is 3.59. The molecule has 1 N–H and O–H groups in total. The molecule has 0 aliphatic carbocycles. The molecule has 116 valence electrons. The van der Waals surface area contributed by atoms with E-state index >= 15 is 0 Å². The number of carbonyl (C=O) groups excluding carboxylic acids is 1. The summed E-state index contributed by atoms with van der Waals surface area (Å²) in [6.07, 6.45) is 4.93. The van der Waals surface area contributed by atoms with Crippen LogP contribution in [0.25, 0.3) is 0 Å². The second kappa shape index (κ2) is 7.98. The van der Waals surface area contributed by atoms with Crippen molar-refractivity contribution in [3.63, 3.8) is 0 Å². The van der Waals surface area contributed by atoms with Gasteiger partial charge in [0.15, 0.2) is 0 Å². The number of rotatable bonds is 6. The monoisotopic (exact) mass is 291 g/mol. The summed E-state index contributed by atoms with van der Waals surface area (Å²) in [5.41, 5.74) is 1.45. The number of hydrogen-bond acceptors (Lipinski definition) is 4. The van der Waals surface area contributed by atoms with E-state index in [1.807, 2.05) is 17.9 Å². The Morgan fingerprint density at radius 2 is 2.33 bits per heavy atom. The second-order valence-corrected chi connectivity index (χ2v) is 5.35. The summed E-state index contributed by atoms with van der Waals surface area (Å²) in [5, 5.41) is 3.18. The molecule has 0 radical (unpaired) electrons. The molecule has 5 heteroatoms. The van der Waals surface area contributed by atoms with E-state index in [-0.39, 0.29) is 12.0 Å². The fourth-order valence-corrected chi connectivity index (χ4v) is 2.53. The van der Waals surface area contributed by atoms with Gasteiger partial charge in [0.1, 0.15) is 5.69 Å². The standard InChI is InChI=1S/C16H25N3O2/c1-3-10-21-14-6-5-9-19(12-14)16(20)15-8-7-13(11-18-15)17-4-2/h7-8,11,14,17H,3-6,9-10,12H2,1-2H3. The molecule has 1 amide bonds. The van der Waals surface area contributed by atoms with Crippen LogP contribution in [0.1, 0.15) is 43.6 Å². The lowest BCUT2D eigenvalue weighted by molar-refractivity contribution is 0.00192. The molecule has 0 saturated carbocycles. The molecule has 1 unspecified atom stereocenters. The Hall–Kier alpha value is -1.62. The van der Waals surface area contributed by atoms with Crippen molar-refractivity contribution in [3.05, 3.63) is 24.0 Å². The first-order chi connectivity index (χ1) is 10.2. The van der Waals surface area contributed by atoms with Crippen molar-refractivity contribution in [2.45, 2.75) is 39.2 Å². The van der Waals surface area contributed by atoms with Gasteiger partial charge in [0.2, 0.25) is 0 Å². The minimum absolute atomic E-state index is 0.00264. The van der Waals surface area contributed by atoms with Crippen LogP contribution in [0.3, 0.4) is 0 Å². The number of amides is 1. The maximum Gasteiger partial charge on any atom is 0.272 e. The zero-order valence-electron chi connectivity index (χ0n) is 13.0. The number of carbonyl (C=O) groups is 1. The van der Waals surface area contributed by atoms with Crippen molar-refractivity contribution in [3.8, 4) is 0 Å². The van der Waals surface area contributed by atoms with Crippen molar-refractivity contribution in [2.75, 3.05) is 31.6 Å². The van der Waals surface area contributed by atoms with Crippen molar-refractivity contribution >= 4 is 11.6 Å². The number of anilines is 1. The maximum absolute atomic E-state index is 12.5. The summed E-state index contributed by atoms with van der Waals surface area (Å²) in [6.45, 7) is 7.21. The first kappa shape index (κ1) is 15.8. The summed E-state index contributed by atoms with van der Waals surface area (Å²) < 4.78 is 5.78. The van der Waals surface area contributed by atoms with Gasteiger partial charge in [-0.2, -0.15) is 0 Å². The zero-order valence-corrected chi connectivity index (χ0v) is 13.0. The third-order valence-electron chi connectivity index (χ3n) is 3.59.